The fraction of sp³-hybridized carbons (Fsp3) is 0.238. The van der Waals surface area contributed by atoms with E-state index in [1.807, 2.05) is 18.2 Å². The van der Waals surface area contributed by atoms with Crippen molar-refractivity contribution in [2.24, 2.45) is 0 Å². The number of thiazole rings is 1. The highest BCUT2D eigenvalue weighted by Gasteiger charge is 2.20. The summed E-state index contributed by atoms with van der Waals surface area (Å²) >= 11 is 1.19. The van der Waals surface area contributed by atoms with Gasteiger partial charge in [0.05, 0.1) is 12.2 Å². The Labute approximate surface area is 171 Å². The van der Waals surface area contributed by atoms with Crippen molar-refractivity contribution in [1.82, 2.24) is 9.88 Å². The van der Waals surface area contributed by atoms with Crippen LogP contribution in [0.2, 0.25) is 0 Å². The molecule has 0 spiro atoms. The maximum absolute atomic E-state index is 13.9. The molecular weight excluding hydrogens is 394 g/mol. The first-order valence-corrected chi connectivity index (χ1v) is 10.2. The van der Waals surface area contributed by atoms with Gasteiger partial charge in [0.25, 0.3) is 0 Å². The Morgan fingerprint density at radius 1 is 1.07 bits per heavy atom. The van der Waals surface area contributed by atoms with E-state index in [1.165, 1.54) is 17.0 Å². The van der Waals surface area contributed by atoms with E-state index in [0.29, 0.717) is 10.8 Å². The summed E-state index contributed by atoms with van der Waals surface area (Å²) in [4.78, 5) is 21.0. The fourth-order valence-corrected chi connectivity index (χ4v) is 4.04. The number of hydrogen-bond acceptors (Lipinski definition) is 5. The minimum absolute atomic E-state index is 0.0822. The molecule has 3 aromatic rings. The number of piperazine rings is 1. The van der Waals surface area contributed by atoms with Gasteiger partial charge in [-0.25, -0.2) is 13.8 Å². The zero-order valence-electron chi connectivity index (χ0n) is 15.6. The number of para-hydroxylation sites is 1. The van der Waals surface area contributed by atoms with Gasteiger partial charge < -0.3 is 10.2 Å². The average molecular weight is 414 g/mol. The fourth-order valence-electron chi connectivity index (χ4n) is 3.31. The number of benzene rings is 2. The van der Waals surface area contributed by atoms with E-state index in [4.69, 9.17) is 0 Å². The van der Waals surface area contributed by atoms with Gasteiger partial charge in [-0.2, -0.15) is 0 Å². The number of aromatic nitrogens is 1. The van der Waals surface area contributed by atoms with Crippen molar-refractivity contribution in [3.63, 3.8) is 0 Å². The van der Waals surface area contributed by atoms with Crippen LogP contribution < -0.4 is 10.2 Å². The van der Waals surface area contributed by atoms with Crippen molar-refractivity contribution in [3.05, 3.63) is 65.5 Å². The minimum Gasteiger partial charge on any atom is -0.369 e. The molecule has 150 valence electrons. The summed E-state index contributed by atoms with van der Waals surface area (Å²) < 4.78 is 27.3. The first-order chi connectivity index (χ1) is 14.1. The number of amides is 1. The summed E-state index contributed by atoms with van der Waals surface area (Å²) in [5.41, 5.74) is 1.58. The number of hydrogen-bond donors (Lipinski definition) is 1. The summed E-state index contributed by atoms with van der Waals surface area (Å²) in [5.74, 6) is -1.25. The zero-order valence-corrected chi connectivity index (χ0v) is 16.5. The summed E-state index contributed by atoms with van der Waals surface area (Å²) in [6.07, 6.45) is 0. The number of carbonyl (C=O) groups is 1. The molecule has 0 unspecified atom stereocenters. The molecule has 2 heterocycles. The summed E-state index contributed by atoms with van der Waals surface area (Å²) in [6, 6.07) is 13.4. The van der Waals surface area contributed by atoms with Crippen LogP contribution in [0.5, 0.6) is 0 Å². The molecule has 1 aliphatic rings. The Balaban J connectivity index is 1.31. The number of halogens is 2. The highest BCUT2D eigenvalue weighted by atomic mass is 32.1. The van der Waals surface area contributed by atoms with Gasteiger partial charge in [-0.1, -0.05) is 18.2 Å². The lowest BCUT2D eigenvalue weighted by Gasteiger charge is -2.35. The molecule has 5 nitrogen and oxygen atoms in total. The molecule has 4 rings (SSSR count). The van der Waals surface area contributed by atoms with E-state index in [9.17, 15) is 13.6 Å². The van der Waals surface area contributed by atoms with Crippen molar-refractivity contribution in [2.45, 2.75) is 0 Å². The maximum Gasteiger partial charge on any atom is 0.240 e. The van der Waals surface area contributed by atoms with Crippen LogP contribution in [0.25, 0.3) is 11.3 Å². The van der Waals surface area contributed by atoms with E-state index in [1.54, 1.807) is 5.38 Å². The third-order valence-corrected chi connectivity index (χ3v) is 5.57. The zero-order chi connectivity index (χ0) is 20.2. The second kappa shape index (κ2) is 8.67. The molecule has 1 aliphatic heterocycles. The number of nitrogens with one attached hydrogen (secondary N) is 1. The van der Waals surface area contributed by atoms with Gasteiger partial charge in [-0.3, -0.25) is 9.69 Å². The lowest BCUT2D eigenvalue weighted by atomic mass is 10.1. The molecule has 1 saturated heterocycles. The van der Waals surface area contributed by atoms with Gasteiger partial charge in [0.15, 0.2) is 5.13 Å². The van der Waals surface area contributed by atoms with Gasteiger partial charge in [-0.05, 0) is 30.3 Å². The van der Waals surface area contributed by atoms with Gasteiger partial charge in [0, 0.05) is 42.8 Å². The SMILES string of the molecule is O=C(CN1CCN(c2ccccc2)CC1)Nc1nc(-c2cc(F)ccc2F)cs1. The smallest absolute Gasteiger partial charge is 0.240 e. The van der Waals surface area contributed by atoms with E-state index < -0.39 is 11.6 Å². The summed E-state index contributed by atoms with van der Waals surface area (Å²) in [5, 5.41) is 4.73. The van der Waals surface area contributed by atoms with Gasteiger partial charge in [-0.15, -0.1) is 11.3 Å². The molecule has 0 bridgehead atoms. The molecular formula is C21H20F2N4OS. The molecule has 1 aromatic heterocycles. The number of rotatable bonds is 5. The lowest BCUT2D eigenvalue weighted by molar-refractivity contribution is -0.117. The number of nitrogens with zero attached hydrogens (tertiary/aromatic N) is 3. The molecule has 0 radical (unpaired) electrons. The first-order valence-electron chi connectivity index (χ1n) is 9.31. The third kappa shape index (κ3) is 4.78. The van der Waals surface area contributed by atoms with Gasteiger partial charge in [0.2, 0.25) is 5.91 Å². The normalized spacial score (nSPS) is 14.8. The van der Waals surface area contributed by atoms with Crippen molar-refractivity contribution >= 4 is 28.1 Å². The first kappa shape index (κ1) is 19.5. The monoisotopic (exact) mass is 414 g/mol. The number of anilines is 2. The van der Waals surface area contributed by atoms with Crippen LogP contribution in [0, 0.1) is 11.6 Å². The van der Waals surface area contributed by atoms with E-state index in [-0.39, 0.29) is 18.0 Å². The van der Waals surface area contributed by atoms with Crippen LogP contribution in [-0.4, -0.2) is 48.5 Å². The largest absolute Gasteiger partial charge is 0.369 e. The van der Waals surface area contributed by atoms with Crippen LogP contribution in [0.15, 0.2) is 53.9 Å². The second-order valence-electron chi connectivity index (χ2n) is 6.81. The predicted octanol–water partition coefficient (Wildman–Crippen LogP) is 3.85. The topological polar surface area (TPSA) is 48.5 Å². The van der Waals surface area contributed by atoms with E-state index in [0.717, 1.165) is 44.4 Å². The molecule has 8 heteroatoms. The Morgan fingerprint density at radius 3 is 2.59 bits per heavy atom. The number of carbonyl (C=O) groups excluding carboxylic acids is 1. The van der Waals surface area contributed by atoms with Crippen LogP contribution in [-0.2, 0) is 4.79 Å². The molecule has 1 amide bonds. The van der Waals surface area contributed by atoms with Crippen LogP contribution in [0.1, 0.15) is 0 Å². The van der Waals surface area contributed by atoms with Crippen LogP contribution in [0.3, 0.4) is 0 Å². The molecule has 0 aliphatic carbocycles. The van der Waals surface area contributed by atoms with Crippen molar-refractivity contribution in [3.8, 4) is 11.3 Å². The van der Waals surface area contributed by atoms with Crippen molar-refractivity contribution in [1.29, 1.82) is 0 Å². The molecule has 29 heavy (non-hydrogen) atoms. The highest BCUT2D eigenvalue weighted by molar-refractivity contribution is 7.14. The Kier molecular flexibility index (Phi) is 5.82. The van der Waals surface area contributed by atoms with Gasteiger partial charge in [0.1, 0.15) is 11.6 Å². The summed E-state index contributed by atoms with van der Waals surface area (Å²) in [6.45, 7) is 3.57. The standard InChI is InChI=1S/C21H20F2N4OS/c22-15-6-7-18(23)17(12-15)19-14-29-21(24-19)25-20(28)13-26-8-10-27(11-9-26)16-4-2-1-3-5-16/h1-7,12,14H,8-11,13H2,(H,24,25,28). The summed E-state index contributed by atoms with van der Waals surface area (Å²) in [7, 11) is 0. The van der Waals surface area contributed by atoms with Gasteiger partial charge >= 0.3 is 0 Å². The Morgan fingerprint density at radius 2 is 1.83 bits per heavy atom. The van der Waals surface area contributed by atoms with E-state index in [2.05, 4.69) is 32.2 Å². The van der Waals surface area contributed by atoms with E-state index >= 15 is 0 Å². The minimum atomic E-state index is -0.550. The molecule has 0 saturated carbocycles. The molecule has 1 N–H and O–H groups in total. The average Bonchev–Trinajstić information content (AvgIpc) is 3.19. The molecule has 0 atom stereocenters. The molecule has 2 aromatic carbocycles. The Bertz CT molecular complexity index is 987. The quantitative estimate of drug-likeness (QED) is 0.689. The van der Waals surface area contributed by atoms with Crippen molar-refractivity contribution in [2.75, 3.05) is 42.9 Å². The molecule has 1 fully saturated rings. The van der Waals surface area contributed by atoms with Crippen LogP contribution >= 0.6 is 11.3 Å². The second-order valence-corrected chi connectivity index (χ2v) is 7.67. The Hall–Kier alpha value is -2.84. The third-order valence-electron chi connectivity index (χ3n) is 4.82. The predicted molar refractivity (Wildman–Crippen MR) is 111 cm³/mol. The highest BCUT2D eigenvalue weighted by Crippen LogP contribution is 2.27. The maximum atomic E-state index is 13.9. The van der Waals surface area contributed by atoms with Crippen molar-refractivity contribution < 1.29 is 13.6 Å². The van der Waals surface area contributed by atoms with Crippen LogP contribution in [0.4, 0.5) is 19.6 Å². The lowest BCUT2D eigenvalue weighted by Crippen LogP contribution is -2.48.